The summed E-state index contributed by atoms with van der Waals surface area (Å²) in [6, 6.07) is 10.1. The lowest BCUT2D eigenvalue weighted by molar-refractivity contribution is 0.102. The van der Waals surface area contributed by atoms with Crippen LogP contribution in [0.1, 0.15) is 21.5 Å². The van der Waals surface area contributed by atoms with Gasteiger partial charge in [-0.3, -0.25) is 9.59 Å². The van der Waals surface area contributed by atoms with Crippen molar-refractivity contribution in [2.75, 3.05) is 19.5 Å². The average molecular weight is 395 g/mol. The number of hydrogen-bond acceptors (Lipinski definition) is 5. The number of aryl methyl sites for hydroxylation is 2. The van der Waals surface area contributed by atoms with Crippen molar-refractivity contribution in [2.24, 2.45) is 0 Å². The molecule has 0 bridgehead atoms. The van der Waals surface area contributed by atoms with Crippen LogP contribution in [0.4, 0.5) is 5.69 Å². The first kappa shape index (κ1) is 19.9. The van der Waals surface area contributed by atoms with Crippen LogP contribution in [0.5, 0.6) is 11.5 Å². The summed E-state index contributed by atoms with van der Waals surface area (Å²) in [7, 11) is 2.93. The average Bonchev–Trinajstić information content (AvgIpc) is 2.70. The van der Waals surface area contributed by atoms with E-state index in [1.807, 2.05) is 26.0 Å². The van der Waals surface area contributed by atoms with Gasteiger partial charge in [-0.15, -0.1) is 0 Å². The van der Waals surface area contributed by atoms with Gasteiger partial charge in [0.05, 0.1) is 19.9 Å². The number of amides is 1. The third-order valence-corrected chi connectivity index (χ3v) is 4.48. The normalized spacial score (nSPS) is 10.5. The number of nitrogens with zero attached hydrogens (tertiary/aromatic N) is 1. The number of aromatic nitrogens is 2. The molecule has 3 aromatic rings. The molecule has 8 nitrogen and oxygen atoms in total. The molecule has 3 rings (SSSR count). The highest BCUT2D eigenvalue weighted by Crippen LogP contribution is 2.28. The van der Waals surface area contributed by atoms with Crippen LogP contribution < -0.4 is 26.0 Å². The molecule has 0 aliphatic heterocycles. The van der Waals surface area contributed by atoms with Gasteiger partial charge in [-0.2, -0.15) is 0 Å². The summed E-state index contributed by atoms with van der Waals surface area (Å²) in [4.78, 5) is 40.4. The van der Waals surface area contributed by atoms with Crippen LogP contribution in [0, 0.1) is 13.8 Å². The molecule has 0 atom stereocenters. The lowest BCUT2D eigenvalue weighted by Gasteiger charge is -2.12. The molecule has 2 aromatic carbocycles. The second-order valence-electron chi connectivity index (χ2n) is 6.46. The molecule has 150 valence electrons. The third kappa shape index (κ3) is 3.91. The van der Waals surface area contributed by atoms with Crippen molar-refractivity contribution in [1.29, 1.82) is 0 Å². The van der Waals surface area contributed by atoms with Crippen LogP contribution in [-0.4, -0.2) is 29.7 Å². The van der Waals surface area contributed by atoms with E-state index in [9.17, 15) is 14.4 Å². The minimum Gasteiger partial charge on any atom is -0.493 e. The maximum Gasteiger partial charge on any atom is 0.333 e. The van der Waals surface area contributed by atoms with Crippen LogP contribution in [-0.2, 0) is 0 Å². The number of anilines is 1. The fraction of sp³-hybridized carbons (Fsp3) is 0.190. The summed E-state index contributed by atoms with van der Waals surface area (Å²) in [5.74, 6) is 0.179. The summed E-state index contributed by atoms with van der Waals surface area (Å²) in [6.07, 6.45) is 1.11. The van der Waals surface area contributed by atoms with Crippen molar-refractivity contribution >= 4 is 11.6 Å². The Morgan fingerprint density at radius 2 is 1.72 bits per heavy atom. The fourth-order valence-corrected chi connectivity index (χ4v) is 2.98. The number of aromatic amines is 1. The molecule has 0 spiro atoms. The van der Waals surface area contributed by atoms with Gasteiger partial charge in [0.2, 0.25) is 0 Å². The number of rotatable bonds is 5. The monoisotopic (exact) mass is 395 g/mol. The van der Waals surface area contributed by atoms with Gasteiger partial charge < -0.3 is 19.8 Å². The first-order chi connectivity index (χ1) is 13.8. The first-order valence-corrected chi connectivity index (χ1v) is 8.81. The Morgan fingerprint density at radius 3 is 2.38 bits per heavy atom. The molecule has 0 saturated carbocycles. The SMILES string of the molecule is COc1ccc(-n2c(=O)[nH]cc(C(=O)Nc3ccc(C)cc3C)c2=O)cc1OC. The van der Waals surface area contributed by atoms with E-state index in [1.54, 1.807) is 12.1 Å². The van der Waals surface area contributed by atoms with Crippen molar-refractivity contribution in [2.45, 2.75) is 13.8 Å². The molecule has 0 fully saturated rings. The van der Waals surface area contributed by atoms with Crippen LogP contribution in [0.15, 0.2) is 52.2 Å². The van der Waals surface area contributed by atoms with E-state index in [2.05, 4.69) is 10.3 Å². The predicted molar refractivity (Wildman–Crippen MR) is 110 cm³/mol. The summed E-state index contributed by atoms with van der Waals surface area (Å²) in [5.41, 5.74) is 1.13. The highest BCUT2D eigenvalue weighted by Gasteiger charge is 2.18. The number of benzene rings is 2. The lowest BCUT2D eigenvalue weighted by Crippen LogP contribution is -2.38. The second-order valence-corrected chi connectivity index (χ2v) is 6.46. The molecule has 0 radical (unpaired) electrons. The Balaban J connectivity index is 2.04. The quantitative estimate of drug-likeness (QED) is 0.691. The number of hydrogen-bond donors (Lipinski definition) is 2. The third-order valence-electron chi connectivity index (χ3n) is 4.48. The maximum atomic E-state index is 12.9. The van der Waals surface area contributed by atoms with Crippen LogP contribution in [0.25, 0.3) is 5.69 Å². The summed E-state index contributed by atoms with van der Waals surface area (Å²) < 4.78 is 11.3. The second kappa shape index (κ2) is 8.05. The lowest BCUT2D eigenvalue weighted by atomic mass is 10.1. The van der Waals surface area contributed by atoms with Gasteiger partial charge in [-0.05, 0) is 37.6 Å². The Kier molecular flexibility index (Phi) is 5.54. The minimum absolute atomic E-state index is 0.195. The number of nitrogens with one attached hydrogen (secondary N) is 2. The van der Waals surface area contributed by atoms with Crippen molar-refractivity contribution in [1.82, 2.24) is 9.55 Å². The van der Waals surface area contributed by atoms with E-state index in [-0.39, 0.29) is 11.3 Å². The Hall–Kier alpha value is -3.81. The molecule has 0 saturated heterocycles. The molecule has 1 heterocycles. The number of carbonyl (C=O) groups is 1. The molecule has 2 N–H and O–H groups in total. The molecule has 0 aliphatic rings. The van der Waals surface area contributed by atoms with Gasteiger partial charge in [0.25, 0.3) is 11.5 Å². The molecule has 29 heavy (non-hydrogen) atoms. The highest BCUT2D eigenvalue weighted by molar-refractivity contribution is 6.04. The van der Waals surface area contributed by atoms with E-state index in [1.165, 1.54) is 26.4 Å². The maximum absolute atomic E-state index is 12.9. The molecular weight excluding hydrogens is 374 g/mol. The summed E-state index contributed by atoms with van der Waals surface area (Å²) in [5, 5.41) is 2.71. The topological polar surface area (TPSA) is 102 Å². The molecular formula is C21H21N3O5. The number of carbonyl (C=O) groups excluding carboxylic acids is 1. The Morgan fingerprint density at radius 1 is 1.00 bits per heavy atom. The first-order valence-electron chi connectivity index (χ1n) is 8.81. The number of H-pyrrole nitrogens is 1. The predicted octanol–water partition coefficient (Wildman–Crippen LogP) is 2.41. The largest absolute Gasteiger partial charge is 0.493 e. The van der Waals surface area contributed by atoms with E-state index in [4.69, 9.17) is 9.47 Å². The Bertz CT molecular complexity index is 1190. The van der Waals surface area contributed by atoms with Crippen molar-refractivity contribution in [3.63, 3.8) is 0 Å². The van der Waals surface area contributed by atoms with E-state index >= 15 is 0 Å². The van der Waals surface area contributed by atoms with E-state index in [0.717, 1.165) is 21.9 Å². The summed E-state index contributed by atoms with van der Waals surface area (Å²) >= 11 is 0. The van der Waals surface area contributed by atoms with Gasteiger partial charge >= 0.3 is 5.69 Å². The van der Waals surface area contributed by atoms with Gasteiger partial charge in [0, 0.05) is 18.0 Å². The van der Waals surface area contributed by atoms with Crippen molar-refractivity contribution in [3.8, 4) is 17.2 Å². The van der Waals surface area contributed by atoms with Crippen LogP contribution >= 0.6 is 0 Å². The fourth-order valence-electron chi connectivity index (χ4n) is 2.98. The van der Waals surface area contributed by atoms with Gasteiger partial charge in [0.15, 0.2) is 11.5 Å². The molecule has 0 aliphatic carbocycles. The van der Waals surface area contributed by atoms with Crippen molar-refractivity contribution < 1.29 is 14.3 Å². The van der Waals surface area contributed by atoms with Gasteiger partial charge in [0.1, 0.15) is 5.56 Å². The van der Waals surface area contributed by atoms with Gasteiger partial charge in [-0.25, -0.2) is 9.36 Å². The van der Waals surface area contributed by atoms with Gasteiger partial charge in [-0.1, -0.05) is 17.7 Å². The zero-order valence-corrected chi connectivity index (χ0v) is 16.5. The zero-order valence-electron chi connectivity index (χ0n) is 16.5. The van der Waals surface area contributed by atoms with E-state index in [0.29, 0.717) is 17.2 Å². The summed E-state index contributed by atoms with van der Waals surface area (Å²) in [6.45, 7) is 3.81. The standard InChI is InChI=1S/C21H21N3O5/c1-12-5-7-16(13(2)9-12)23-19(25)15-11-22-21(27)24(20(15)26)14-6-8-17(28-3)18(10-14)29-4/h5-11H,1-4H3,(H,22,27)(H,23,25). The zero-order chi connectivity index (χ0) is 21.1. The number of methoxy groups -OCH3 is 2. The molecule has 1 aromatic heterocycles. The van der Waals surface area contributed by atoms with E-state index < -0.39 is 17.2 Å². The van der Waals surface area contributed by atoms with Crippen LogP contribution in [0.2, 0.25) is 0 Å². The molecule has 8 heteroatoms. The molecule has 0 unspecified atom stereocenters. The minimum atomic E-state index is -0.747. The molecule has 1 amide bonds. The van der Waals surface area contributed by atoms with Crippen LogP contribution in [0.3, 0.4) is 0 Å². The van der Waals surface area contributed by atoms with Crippen molar-refractivity contribution in [3.05, 3.63) is 80.1 Å². The highest BCUT2D eigenvalue weighted by atomic mass is 16.5. The Labute approximate surface area is 166 Å². The number of ether oxygens (including phenoxy) is 2. The smallest absolute Gasteiger partial charge is 0.333 e.